The van der Waals surface area contributed by atoms with Gasteiger partial charge in [0.15, 0.2) is 0 Å². The fourth-order valence-electron chi connectivity index (χ4n) is 5.62. The van der Waals surface area contributed by atoms with Gasteiger partial charge in [0.05, 0.1) is 5.84 Å². The van der Waals surface area contributed by atoms with Gasteiger partial charge in [0.25, 0.3) is 0 Å². The fraction of sp³-hybridized carbons (Fsp3) is 0.970. The van der Waals surface area contributed by atoms with Crippen LogP contribution in [0.25, 0.3) is 0 Å². The van der Waals surface area contributed by atoms with Crippen LogP contribution < -0.4 is 0 Å². The summed E-state index contributed by atoms with van der Waals surface area (Å²) in [5, 5.41) is 0. The van der Waals surface area contributed by atoms with E-state index in [0.29, 0.717) is 0 Å². The molecule has 3 heteroatoms. The Bertz CT molecular complexity index is 438. The molecule has 36 heavy (non-hydrogen) atoms. The van der Waals surface area contributed by atoms with Crippen LogP contribution in [-0.4, -0.2) is 54.9 Å². The van der Waals surface area contributed by atoms with Crippen molar-refractivity contribution in [1.82, 2.24) is 9.80 Å². The molecule has 0 atom stereocenters. The molecule has 1 saturated heterocycles. The summed E-state index contributed by atoms with van der Waals surface area (Å²) < 4.78 is 0. The summed E-state index contributed by atoms with van der Waals surface area (Å²) in [6, 6.07) is 0. The van der Waals surface area contributed by atoms with Crippen LogP contribution in [-0.2, 0) is 0 Å². The number of nitrogens with zero attached hydrogens (tertiary/aromatic N) is 3. The van der Waals surface area contributed by atoms with Gasteiger partial charge in [-0.05, 0) is 58.2 Å². The molecule has 2 aliphatic rings. The Labute approximate surface area is 228 Å². The maximum Gasteiger partial charge on any atom is 0.0988 e. The average molecular weight is 506 g/mol. The van der Waals surface area contributed by atoms with Gasteiger partial charge in [-0.1, -0.05) is 124 Å². The Kier molecular flexibility index (Phi) is 24.2. The van der Waals surface area contributed by atoms with Gasteiger partial charge in [0.1, 0.15) is 0 Å². The van der Waals surface area contributed by atoms with Crippen LogP contribution in [0.2, 0.25) is 0 Å². The van der Waals surface area contributed by atoms with Gasteiger partial charge in [0.2, 0.25) is 0 Å². The molecule has 0 N–H and O–H groups in total. The van der Waals surface area contributed by atoms with Crippen molar-refractivity contribution in [3.63, 3.8) is 0 Å². The van der Waals surface area contributed by atoms with Crippen LogP contribution in [0.4, 0.5) is 0 Å². The molecule has 2 aliphatic heterocycles. The second-order valence-corrected chi connectivity index (χ2v) is 11.6. The van der Waals surface area contributed by atoms with Gasteiger partial charge in [-0.25, -0.2) is 0 Å². The highest BCUT2D eigenvalue weighted by molar-refractivity contribution is 5.83. The normalized spacial score (nSPS) is 15.8. The lowest BCUT2D eigenvalue weighted by Gasteiger charge is -2.27. The largest absolute Gasteiger partial charge is 0.360 e. The van der Waals surface area contributed by atoms with E-state index in [9.17, 15) is 0 Å². The van der Waals surface area contributed by atoms with Gasteiger partial charge in [-0.2, -0.15) is 0 Å². The van der Waals surface area contributed by atoms with E-state index in [-0.39, 0.29) is 0 Å². The van der Waals surface area contributed by atoms with Crippen molar-refractivity contribution < 1.29 is 0 Å². The lowest BCUT2D eigenvalue weighted by molar-refractivity contribution is 0.254. The van der Waals surface area contributed by atoms with Crippen molar-refractivity contribution in [1.29, 1.82) is 0 Å². The number of amidine groups is 1. The van der Waals surface area contributed by atoms with Gasteiger partial charge in [-0.15, -0.1) is 0 Å². The summed E-state index contributed by atoms with van der Waals surface area (Å²) >= 11 is 0. The molecule has 0 saturated carbocycles. The molecule has 0 aliphatic carbocycles. The highest BCUT2D eigenvalue weighted by atomic mass is 15.2. The topological polar surface area (TPSA) is 18.8 Å². The maximum absolute atomic E-state index is 4.55. The summed E-state index contributed by atoms with van der Waals surface area (Å²) in [4.78, 5) is 9.83. The number of unbranched alkanes of at least 4 members (excludes halogenated alkanes) is 15. The third-order valence-electron chi connectivity index (χ3n) is 8.06. The molecular weight excluding hydrogens is 438 g/mol. The molecule has 2 rings (SSSR count). The van der Waals surface area contributed by atoms with Crippen molar-refractivity contribution in [2.75, 3.05) is 39.3 Å². The first-order valence-corrected chi connectivity index (χ1v) is 16.8. The number of hydrogen-bond donors (Lipinski definition) is 0. The molecular formula is C33H67N3. The molecule has 3 nitrogen and oxygen atoms in total. The van der Waals surface area contributed by atoms with E-state index >= 15 is 0 Å². The minimum atomic E-state index is 1.08. The van der Waals surface area contributed by atoms with Gasteiger partial charge in [0, 0.05) is 26.1 Å². The fourth-order valence-corrected chi connectivity index (χ4v) is 5.62. The van der Waals surface area contributed by atoms with Crippen molar-refractivity contribution in [3.8, 4) is 0 Å². The molecule has 0 spiro atoms. The lowest BCUT2D eigenvalue weighted by atomic mass is 10.1. The van der Waals surface area contributed by atoms with Crippen LogP contribution in [0, 0.1) is 0 Å². The molecule has 0 radical (unpaired) electrons. The summed E-state index contributed by atoms with van der Waals surface area (Å²) in [5.74, 6) is 1.40. The van der Waals surface area contributed by atoms with Crippen molar-refractivity contribution in [3.05, 3.63) is 0 Å². The van der Waals surface area contributed by atoms with Crippen LogP contribution in [0.3, 0.4) is 0 Å². The van der Waals surface area contributed by atoms with E-state index in [2.05, 4.69) is 35.6 Å². The number of hydrogen-bond acceptors (Lipinski definition) is 3. The predicted molar refractivity (Wildman–Crippen MR) is 164 cm³/mol. The molecule has 0 aromatic carbocycles. The Hall–Kier alpha value is -0.570. The highest BCUT2D eigenvalue weighted by Gasteiger charge is 2.16. The number of aliphatic imine (C=N–C) groups is 1. The number of rotatable bonds is 21. The zero-order valence-electron chi connectivity index (χ0n) is 25.3. The van der Waals surface area contributed by atoms with Crippen LogP contribution in [0.1, 0.15) is 168 Å². The van der Waals surface area contributed by atoms with Crippen LogP contribution in [0.15, 0.2) is 4.99 Å². The first-order valence-electron chi connectivity index (χ1n) is 16.8. The Morgan fingerprint density at radius 1 is 0.528 bits per heavy atom. The minimum Gasteiger partial charge on any atom is -0.360 e. The molecule has 0 amide bonds. The van der Waals surface area contributed by atoms with E-state index in [1.165, 1.54) is 186 Å². The predicted octanol–water partition coefficient (Wildman–Crippen LogP) is 10.0. The monoisotopic (exact) mass is 506 g/mol. The van der Waals surface area contributed by atoms with Crippen molar-refractivity contribution >= 4 is 5.84 Å². The van der Waals surface area contributed by atoms with Gasteiger partial charge in [-0.3, -0.25) is 4.99 Å². The first kappa shape index (κ1) is 33.5. The quantitative estimate of drug-likeness (QED) is 0.144. The van der Waals surface area contributed by atoms with Crippen molar-refractivity contribution in [2.24, 2.45) is 4.99 Å². The summed E-state index contributed by atoms with van der Waals surface area (Å²) in [6.45, 7) is 14.6. The third kappa shape index (κ3) is 19.5. The number of fused-ring (bicyclic) bond motifs is 1. The minimum absolute atomic E-state index is 1.08. The van der Waals surface area contributed by atoms with Gasteiger partial charge < -0.3 is 9.80 Å². The zero-order valence-corrected chi connectivity index (χ0v) is 25.3. The molecule has 0 bridgehead atoms. The second kappa shape index (κ2) is 26.1. The van der Waals surface area contributed by atoms with Crippen molar-refractivity contribution in [2.45, 2.75) is 168 Å². The molecule has 0 unspecified atom stereocenters. The summed E-state index contributed by atoms with van der Waals surface area (Å²) in [6.07, 6.45) is 32.3. The maximum atomic E-state index is 4.55. The highest BCUT2D eigenvalue weighted by Crippen LogP contribution is 2.15. The third-order valence-corrected chi connectivity index (χ3v) is 8.06. The molecule has 0 aromatic rings. The smallest absolute Gasteiger partial charge is 0.0988 e. The van der Waals surface area contributed by atoms with Gasteiger partial charge >= 0.3 is 0 Å². The zero-order chi connectivity index (χ0) is 25.9. The van der Waals surface area contributed by atoms with Crippen LogP contribution in [0.5, 0.6) is 0 Å². The van der Waals surface area contributed by atoms with E-state index in [0.717, 1.165) is 6.54 Å². The first-order chi connectivity index (χ1) is 17.8. The second-order valence-electron chi connectivity index (χ2n) is 11.6. The van der Waals surface area contributed by atoms with E-state index in [1.54, 1.807) is 0 Å². The van der Waals surface area contributed by atoms with E-state index in [4.69, 9.17) is 0 Å². The molecule has 2 heterocycles. The Balaban J connectivity index is 0.000000479. The van der Waals surface area contributed by atoms with E-state index < -0.39 is 0 Å². The Morgan fingerprint density at radius 2 is 0.972 bits per heavy atom. The molecule has 0 aromatic heterocycles. The van der Waals surface area contributed by atoms with E-state index in [1.807, 2.05) is 0 Å². The summed E-state index contributed by atoms with van der Waals surface area (Å²) in [5.41, 5.74) is 0. The molecule has 214 valence electrons. The summed E-state index contributed by atoms with van der Waals surface area (Å²) in [7, 11) is 0. The lowest BCUT2D eigenvalue weighted by Crippen LogP contribution is -2.34. The average Bonchev–Trinajstić information content (AvgIpc) is 3.15. The standard InChI is InChI=1S/C24H51N.C9H16N2/c1-4-7-10-13-16-19-22-25(23-20-17-14-11-8-5-2)24-21-18-15-12-9-6-3;1-2-5-9-10-6-4-8-11(9)7-3-1/h4-24H2,1-3H3;1-8H2. The SMILES string of the molecule is C1CCC2=NCCCN2CC1.CCCCCCCCN(CCCCCCCC)CCCCCCCC. The molecule has 1 fully saturated rings. The Morgan fingerprint density at radius 3 is 1.47 bits per heavy atom. The van der Waals surface area contributed by atoms with Crippen LogP contribution >= 0.6 is 0 Å².